The van der Waals surface area contributed by atoms with E-state index in [2.05, 4.69) is 26.3 Å². The van der Waals surface area contributed by atoms with Crippen LogP contribution in [-0.4, -0.2) is 46.9 Å². The Bertz CT molecular complexity index is 829. The molecule has 1 fully saturated rings. The zero-order chi connectivity index (χ0) is 18.7. The van der Waals surface area contributed by atoms with Crippen molar-refractivity contribution in [2.75, 3.05) is 25.5 Å². The van der Waals surface area contributed by atoms with E-state index in [0.29, 0.717) is 16.4 Å². The topological polar surface area (TPSA) is 101 Å². The van der Waals surface area contributed by atoms with Gasteiger partial charge in [0, 0.05) is 12.1 Å². The van der Waals surface area contributed by atoms with E-state index in [1.807, 2.05) is 11.6 Å². The summed E-state index contributed by atoms with van der Waals surface area (Å²) in [6.07, 6.45) is 1.90. The smallest absolute Gasteiger partial charge is 0.278 e. The average molecular weight is 377 g/mol. The maximum atomic E-state index is 12.7. The number of carbonyl (C=O) groups excluding carboxylic acids is 2. The summed E-state index contributed by atoms with van der Waals surface area (Å²) in [4.78, 5) is 24.7. The molecule has 0 atom stereocenters. The van der Waals surface area contributed by atoms with E-state index >= 15 is 0 Å². The molecule has 0 aliphatic carbocycles. The van der Waals surface area contributed by atoms with E-state index in [4.69, 9.17) is 11.6 Å². The molecule has 1 aliphatic rings. The van der Waals surface area contributed by atoms with Crippen molar-refractivity contribution in [3.05, 3.63) is 40.2 Å². The van der Waals surface area contributed by atoms with Crippen molar-refractivity contribution in [1.82, 2.24) is 25.6 Å². The standard InChI is InChI=1S/C17H21ClN6O2/c1-10-15(22-23-24(10)12-5-7-20-8-6-12)17(26)21-14-4-3-11(18)9-13(14)16(25)19-2/h3-4,9,12,20H,5-8H2,1-2H3,(H,19,25)(H,21,26). The van der Waals surface area contributed by atoms with Gasteiger partial charge in [0.2, 0.25) is 0 Å². The quantitative estimate of drug-likeness (QED) is 0.755. The number of piperidine rings is 1. The molecule has 138 valence electrons. The number of hydrogen-bond donors (Lipinski definition) is 3. The predicted octanol–water partition coefficient (Wildman–Crippen LogP) is 1.78. The Hall–Kier alpha value is -2.45. The Morgan fingerprint density at radius 2 is 2.00 bits per heavy atom. The Morgan fingerprint density at radius 3 is 2.69 bits per heavy atom. The fourth-order valence-corrected chi connectivity index (χ4v) is 3.25. The summed E-state index contributed by atoms with van der Waals surface area (Å²) in [7, 11) is 1.52. The minimum Gasteiger partial charge on any atom is -0.355 e. The third kappa shape index (κ3) is 3.71. The molecule has 1 saturated heterocycles. The molecule has 8 nitrogen and oxygen atoms in total. The lowest BCUT2D eigenvalue weighted by Crippen LogP contribution is -2.30. The van der Waals surface area contributed by atoms with E-state index in [1.165, 1.54) is 13.1 Å². The van der Waals surface area contributed by atoms with Crippen LogP contribution in [0.1, 0.15) is 45.4 Å². The van der Waals surface area contributed by atoms with Gasteiger partial charge in [-0.15, -0.1) is 5.10 Å². The SMILES string of the molecule is CNC(=O)c1cc(Cl)ccc1NC(=O)c1nnn(C2CCNCC2)c1C. The van der Waals surface area contributed by atoms with Crippen molar-refractivity contribution >= 4 is 29.1 Å². The Kier molecular flexibility index (Phi) is 5.53. The van der Waals surface area contributed by atoms with Crippen LogP contribution in [-0.2, 0) is 0 Å². The van der Waals surface area contributed by atoms with E-state index in [9.17, 15) is 9.59 Å². The summed E-state index contributed by atoms with van der Waals surface area (Å²) in [5, 5.41) is 17.2. The molecule has 0 bridgehead atoms. The van der Waals surface area contributed by atoms with Gasteiger partial charge < -0.3 is 16.0 Å². The van der Waals surface area contributed by atoms with Gasteiger partial charge in [-0.2, -0.15) is 0 Å². The van der Waals surface area contributed by atoms with Crippen LogP contribution in [0.3, 0.4) is 0 Å². The van der Waals surface area contributed by atoms with Gasteiger partial charge in [0.15, 0.2) is 5.69 Å². The zero-order valence-electron chi connectivity index (χ0n) is 14.7. The summed E-state index contributed by atoms with van der Waals surface area (Å²) in [6, 6.07) is 4.95. The first-order chi connectivity index (χ1) is 12.5. The molecule has 9 heteroatoms. The lowest BCUT2D eigenvalue weighted by atomic mass is 10.1. The van der Waals surface area contributed by atoms with Gasteiger partial charge >= 0.3 is 0 Å². The molecule has 2 aromatic rings. The predicted molar refractivity (Wildman–Crippen MR) is 98.7 cm³/mol. The molecule has 3 N–H and O–H groups in total. The maximum absolute atomic E-state index is 12.7. The molecule has 0 saturated carbocycles. The fourth-order valence-electron chi connectivity index (χ4n) is 3.08. The number of hydrogen-bond acceptors (Lipinski definition) is 5. The second-order valence-electron chi connectivity index (χ2n) is 6.17. The number of carbonyl (C=O) groups is 2. The number of rotatable bonds is 4. The highest BCUT2D eigenvalue weighted by Crippen LogP contribution is 2.23. The first kappa shape index (κ1) is 18.3. The Morgan fingerprint density at radius 1 is 1.27 bits per heavy atom. The molecule has 1 aromatic heterocycles. The second-order valence-corrected chi connectivity index (χ2v) is 6.61. The summed E-state index contributed by atoms with van der Waals surface area (Å²) in [5.41, 5.74) is 1.62. The summed E-state index contributed by atoms with van der Waals surface area (Å²) >= 11 is 5.96. The number of nitrogens with one attached hydrogen (secondary N) is 3. The zero-order valence-corrected chi connectivity index (χ0v) is 15.4. The molecule has 0 radical (unpaired) electrons. The molecule has 2 heterocycles. The largest absolute Gasteiger partial charge is 0.355 e. The lowest BCUT2D eigenvalue weighted by molar-refractivity contribution is 0.0964. The molecule has 3 rings (SSSR count). The lowest BCUT2D eigenvalue weighted by Gasteiger charge is -2.23. The third-order valence-electron chi connectivity index (χ3n) is 4.50. The summed E-state index contributed by atoms with van der Waals surface area (Å²) < 4.78 is 1.82. The number of anilines is 1. The summed E-state index contributed by atoms with van der Waals surface area (Å²) in [5.74, 6) is -0.743. The molecule has 1 aliphatic heterocycles. The highest BCUT2D eigenvalue weighted by atomic mass is 35.5. The van der Waals surface area contributed by atoms with Gasteiger partial charge in [0.05, 0.1) is 23.0 Å². The van der Waals surface area contributed by atoms with Crippen LogP contribution < -0.4 is 16.0 Å². The number of nitrogens with zero attached hydrogens (tertiary/aromatic N) is 3. The van der Waals surface area contributed by atoms with Gasteiger partial charge in [-0.25, -0.2) is 4.68 Å². The van der Waals surface area contributed by atoms with Crippen LogP contribution in [0.15, 0.2) is 18.2 Å². The van der Waals surface area contributed by atoms with Crippen LogP contribution in [0.25, 0.3) is 0 Å². The van der Waals surface area contributed by atoms with Crippen molar-refractivity contribution in [2.45, 2.75) is 25.8 Å². The van der Waals surface area contributed by atoms with Gasteiger partial charge in [0.25, 0.3) is 11.8 Å². The number of halogens is 1. The maximum Gasteiger partial charge on any atom is 0.278 e. The highest BCUT2D eigenvalue weighted by Gasteiger charge is 2.23. The van der Waals surface area contributed by atoms with Crippen LogP contribution in [0.2, 0.25) is 5.02 Å². The van der Waals surface area contributed by atoms with E-state index in [-0.39, 0.29) is 23.2 Å². The summed E-state index contributed by atoms with van der Waals surface area (Å²) in [6.45, 7) is 3.68. The molecule has 1 aromatic carbocycles. The van der Waals surface area contributed by atoms with Gasteiger partial charge in [-0.05, 0) is 51.1 Å². The average Bonchev–Trinajstić information content (AvgIpc) is 3.04. The second kappa shape index (κ2) is 7.84. The van der Waals surface area contributed by atoms with Crippen LogP contribution in [0, 0.1) is 6.92 Å². The molecule has 0 unspecified atom stereocenters. The minimum atomic E-state index is -0.407. The molecular formula is C17H21ClN6O2. The molecule has 26 heavy (non-hydrogen) atoms. The van der Waals surface area contributed by atoms with Crippen molar-refractivity contribution in [3.63, 3.8) is 0 Å². The number of aromatic nitrogens is 3. The van der Waals surface area contributed by atoms with Gasteiger partial charge in [-0.1, -0.05) is 16.8 Å². The Labute approximate surface area is 156 Å². The van der Waals surface area contributed by atoms with E-state index in [0.717, 1.165) is 25.9 Å². The van der Waals surface area contributed by atoms with Crippen LogP contribution >= 0.6 is 11.6 Å². The van der Waals surface area contributed by atoms with E-state index in [1.54, 1.807) is 12.1 Å². The van der Waals surface area contributed by atoms with Crippen molar-refractivity contribution in [3.8, 4) is 0 Å². The monoisotopic (exact) mass is 376 g/mol. The molecular weight excluding hydrogens is 356 g/mol. The molecule has 0 spiro atoms. The first-order valence-electron chi connectivity index (χ1n) is 8.46. The van der Waals surface area contributed by atoms with Gasteiger partial charge in [-0.3, -0.25) is 9.59 Å². The first-order valence-corrected chi connectivity index (χ1v) is 8.84. The third-order valence-corrected chi connectivity index (χ3v) is 4.73. The van der Waals surface area contributed by atoms with Crippen LogP contribution in [0.5, 0.6) is 0 Å². The normalized spacial score (nSPS) is 14.9. The van der Waals surface area contributed by atoms with Crippen molar-refractivity contribution in [1.29, 1.82) is 0 Å². The Balaban J connectivity index is 1.83. The minimum absolute atomic E-state index is 0.238. The van der Waals surface area contributed by atoms with Crippen molar-refractivity contribution < 1.29 is 9.59 Å². The number of benzene rings is 1. The van der Waals surface area contributed by atoms with Crippen molar-refractivity contribution in [2.24, 2.45) is 0 Å². The number of amides is 2. The molecule has 2 amide bonds. The van der Waals surface area contributed by atoms with Gasteiger partial charge in [0.1, 0.15) is 0 Å². The highest BCUT2D eigenvalue weighted by molar-refractivity contribution is 6.31. The van der Waals surface area contributed by atoms with Crippen LogP contribution in [0.4, 0.5) is 5.69 Å². The fraction of sp³-hybridized carbons (Fsp3) is 0.412. The van der Waals surface area contributed by atoms with E-state index < -0.39 is 5.91 Å².